The molecule has 4 rings (SSSR count). The van der Waals surface area contributed by atoms with E-state index < -0.39 is 0 Å². The Hall–Kier alpha value is -3.35. The fourth-order valence-electron chi connectivity index (χ4n) is 2.72. The molecule has 0 radical (unpaired) electrons. The van der Waals surface area contributed by atoms with Gasteiger partial charge in [0.2, 0.25) is 0 Å². The Bertz CT molecular complexity index is 1070. The summed E-state index contributed by atoms with van der Waals surface area (Å²) >= 11 is 0. The van der Waals surface area contributed by atoms with Crippen molar-refractivity contribution in [1.29, 1.82) is 0 Å². The number of amides is 1. The Morgan fingerprint density at radius 1 is 1.21 bits per heavy atom. The minimum atomic E-state index is -0.247. The van der Waals surface area contributed by atoms with Crippen molar-refractivity contribution in [2.45, 2.75) is 13.0 Å². The van der Waals surface area contributed by atoms with Crippen molar-refractivity contribution >= 4 is 22.6 Å². The zero-order valence-electron chi connectivity index (χ0n) is 12.9. The van der Waals surface area contributed by atoms with E-state index >= 15 is 0 Å². The number of nitrogens with one attached hydrogen (secondary N) is 3. The molecule has 1 unspecified atom stereocenters. The summed E-state index contributed by atoms with van der Waals surface area (Å²) < 4.78 is 1.80. The number of pyridine rings is 1. The van der Waals surface area contributed by atoms with E-state index in [-0.39, 0.29) is 17.6 Å². The van der Waals surface area contributed by atoms with Gasteiger partial charge in [-0.05, 0) is 36.8 Å². The first-order chi connectivity index (χ1) is 11.6. The van der Waals surface area contributed by atoms with Gasteiger partial charge in [-0.15, -0.1) is 0 Å². The molecule has 0 bridgehead atoms. The number of hydrogen-bond donors (Lipinski definition) is 3. The highest BCUT2D eigenvalue weighted by Crippen LogP contribution is 2.17. The van der Waals surface area contributed by atoms with E-state index in [1.165, 1.54) is 0 Å². The van der Waals surface area contributed by atoms with E-state index in [0.717, 1.165) is 16.7 Å². The van der Waals surface area contributed by atoms with Crippen molar-refractivity contribution in [2.24, 2.45) is 0 Å². The summed E-state index contributed by atoms with van der Waals surface area (Å²) in [4.78, 5) is 33.5. The topological polar surface area (TPSA) is 95.1 Å². The third kappa shape index (κ3) is 2.45. The van der Waals surface area contributed by atoms with Crippen LogP contribution in [0, 0.1) is 0 Å². The van der Waals surface area contributed by atoms with Crippen LogP contribution >= 0.6 is 0 Å². The fourth-order valence-corrected chi connectivity index (χ4v) is 2.72. The first-order valence-corrected chi connectivity index (χ1v) is 7.57. The van der Waals surface area contributed by atoms with Crippen LogP contribution in [0.1, 0.15) is 29.0 Å². The number of carbonyl (C=O) groups excluding carboxylic acids is 1. The number of imidazole rings is 2. The van der Waals surface area contributed by atoms with Gasteiger partial charge in [0.1, 0.15) is 11.3 Å². The minimum absolute atomic E-state index is 0.217. The highest BCUT2D eigenvalue weighted by Gasteiger charge is 2.15. The molecule has 3 aromatic heterocycles. The number of carbonyl (C=O) groups is 1. The molecule has 0 fully saturated rings. The molecule has 120 valence electrons. The Morgan fingerprint density at radius 2 is 2.04 bits per heavy atom. The number of hydrogen-bond acceptors (Lipinski definition) is 3. The van der Waals surface area contributed by atoms with Gasteiger partial charge in [-0.3, -0.25) is 4.79 Å². The van der Waals surface area contributed by atoms with Crippen molar-refractivity contribution in [2.75, 3.05) is 0 Å². The molecule has 7 nitrogen and oxygen atoms in total. The third-order valence-corrected chi connectivity index (χ3v) is 3.98. The predicted molar refractivity (Wildman–Crippen MR) is 90.0 cm³/mol. The van der Waals surface area contributed by atoms with Gasteiger partial charge < -0.3 is 19.7 Å². The van der Waals surface area contributed by atoms with Crippen LogP contribution < -0.4 is 11.0 Å². The van der Waals surface area contributed by atoms with E-state index in [1.807, 2.05) is 49.5 Å². The molecule has 4 aromatic rings. The SMILES string of the molecule is CC(NC(=O)c1cn2ccccc2n1)c1ccc2[nH]c(=O)[nH]c2c1. The van der Waals surface area contributed by atoms with E-state index in [1.54, 1.807) is 10.6 Å². The molecule has 0 aliphatic rings. The largest absolute Gasteiger partial charge is 0.344 e. The molecule has 0 aliphatic heterocycles. The zero-order chi connectivity index (χ0) is 16.7. The maximum atomic E-state index is 12.4. The van der Waals surface area contributed by atoms with Gasteiger partial charge in [0.05, 0.1) is 17.1 Å². The molecule has 0 aliphatic carbocycles. The lowest BCUT2D eigenvalue weighted by atomic mass is 10.1. The Morgan fingerprint density at radius 3 is 2.88 bits per heavy atom. The fraction of sp³-hybridized carbons (Fsp3) is 0.118. The lowest BCUT2D eigenvalue weighted by Gasteiger charge is -2.13. The quantitative estimate of drug-likeness (QED) is 0.538. The molecule has 0 saturated heterocycles. The van der Waals surface area contributed by atoms with Crippen LogP contribution in [0.2, 0.25) is 0 Å². The number of fused-ring (bicyclic) bond motifs is 2. The molecule has 1 atom stereocenters. The van der Waals surface area contributed by atoms with Gasteiger partial charge in [-0.2, -0.15) is 0 Å². The van der Waals surface area contributed by atoms with Crippen LogP contribution in [-0.4, -0.2) is 25.3 Å². The van der Waals surface area contributed by atoms with Crippen LogP contribution in [-0.2, 0) is 0 Å². The molecule has 0 spiro atoms. The van der Waals surface area contributed by atoms with Crippen LogP contribution in [0.4, 0.5) is 0 Å². The number of H-pyrrole nitrogens is 2. The second kappa shape index (κ2) is 5.38. The smallest absolute Gasteiger partial charge is 0.323 e. The molecule has 1 amide bonds. The molecular weight excluding hydrogens is 306 g/mol. The van der Waals surface area contributed by atoms with Crippen molar-refractivity contribution in [3.05, 3.63) is 70.5 Å². The highest BCUT2D eigenvalue weighted by molar-refractivity contribution is 5.93. The lowest BCUT2D eigenvalue weighted by Crippen LogP contribution is -2.26. The summed E-state index contributed by atoms with van der Waals surface area (Å²) in [5.74, 6) is -0.242. The van der Waals surface area contributed by atoms with Crippen LogP contribution in [0.25, 0.3) is 16.7 Å². The van der Waals surface area contributed by atoms with Gasteiger partial charge in [0.15, 0.2) is 0 Å². The summed E-state index contributed by atoms with van der Waals surface area (Å²) in [5, 5.41) is 2.93. The Kier molecular flexibility index (Phi) is 3.19. The molecule has 3 N–H and O–H groups in total. The Labute approximate surface area is 136 Å². The number of benzene rings is 1. The summed E-state index contributed by atoms with van der Waals surface area (Å²) in [6, 6.07) is 10.9. The second-order valence-corrected chi connectivity index (χ2v) is 5.67. The minimum Gasteiger partial charge on any atom is -0.344 e. The van der Waals surface area contributed by atoms with E-state index in [9.17, 15) is 9.59 Å². The van der Waals surface area contributed by atoms with E-state index in [2.05, 4.69) is 20.3 Å². The summed E-state index contributed by atoms with van der Waals surface area (Å²) in [7, 11) is 0. The third-order valence-electron chi connectivity index (χ3n) is 3.98. The van der Waals surface area contributed by atoms with Gasteiger partial charge >= 0.3 is 5.69 Å². The summed E-state index contributed by atoms with van der Waals surface area (Å²) in [5.41, 5.74) is 3.19. The predicted octanol–water partition coefficient (Wildman–Crippen LogP) is 1.99. The summed E-state index contributed by atoms with van der Waals surface area (Å²) in [6.07, 6.45) is 3.54. The summed E-state index contributed by atoms with van der Waals surface area (Å²) in [6.45, 7) is 1.89. The van der Waals surface area contributed by atoms with Gasteiger partial charge in [-0.1, -0.05) is 12.1 Å². The molecule has 24 heavy (non-hydrogen) atoms. The normalized spacial score (nSPS) is 12.5. The molecule has 1 aromatic carbocycles. The first kappa shape index (κ1) is 14.3. The average Bonchev–Trinajstić information content (AvgIpc) is 3.15. The molecule has 3 heterocycles. The maximum absolute atomic E-state index is 12.4. The van der Waals surface area contributed by atoms with Gasteiger partial charge in [-0.25, -0.2) is 9.78 Å². The van der Waals surface area contributed by atoms with E-state index in [0.29, 0.717) is 11.2 Å². The second-order valence-electron chi connectivity index (χ2n) is 5.67. The van der Waals surface area contributed by atoms with Gasteiger partial charge in [0.25, 0.3) is 5.91 Å². The van der Waals surface area contributed by atoms with Crippen molar-refractivity contribution in [3.8, 4) is 0 Å². The average molecular weight is 321 g/mol. The monoisotopic (exact) mass is 321 g/mol. The number of aromatic nitrogens is 4. The first-order valence-electron chi connectivity index (χ1n) is 7.57. The van der Waals surface area contributed by atoms with Crippen LogP contribution in [0.5, 0.6) is 0 Å². The molecule has 7 heteroatoms. The maximum Gasteiger partial charge on any atom is 0.323 e. The number of aromatic amines is 2. The Balaban J connectivity index is 1.58. The molecular formula is C17H15N5O2. The van der Waals surface area contributed by atoms with Crippen molar-refractivity contribution in [3.63, 3.8) is 0 Å². The van der Waals surface area contributed by atoms with E-state index in [4.69, 9.17) is 0 Å². The molecule has 0 saturated carbocycles. The van der Waals surface area contributed by atoms with Crippen molar-refractivity contribution in [1.82, 2.24) is 24.7 Å². The van der Waals surface area contributed by atoms with Crippen molar-refractivity contribution < 1.29 is 4.79 Å². The zero-order valence-corrected chi connectivity index (χ0v) is 12.9. The standard InChI is InChI=1S/C17H15N5O2/c1-10(11-5-6-12-13(8-11)21-17(24)20-12)18-16(23)14-9-22-7-3-2-4-15(22)19-14/h2-10H,1H3,(H,18,23)(H2,20,21,24). The van der Waals surface area contributed by atoms with Gasteiger partial charge in [0, 0.05) is 12.4 Å². The van der Waals surface area contributed by atoms with Crippen LogP contribution in [0.15, 0.2) is 53.6 Å². The lowest BCUT2D eigenvalue weighted by molar-refractivity contribution is 0.0935. The highest BCUT2D eigenvalue weighted by atomic mass is 16.2. The van der Waals surface area contributed by atoms with Crippen LogP contribution in [0.3, 0.4) is 0 Å². The number of nitrogens with zero attached hydrogens (tertiary/aromatic N) is 2. The number of rotatable bonds is 3.